The SMILES string of the molecule is CCCNC(CCC)c1cccc(OCC)c1. The summed E-state index contributed by atoms with van der Waals surface area (Å²) in [6.07, 6.45) is 3.54. The monoisotopic (exact) mass is 235 g/mol. The minimum Gasteiger partial charge on any atom is -0.494 e. The molecule has 0 aliphatic rings. The van der Waals surface area contributed by atoms with Crippen LogP contribution in [0.5, 0.6) is 5.75 Å². The summed E-state index contributed by atoms with van der Waals surface area (Å²) in [6.45, 7) is 8.25. The smallest absolute Gasteiger partial charge is 0.119 e. The van der Waals surface area contributed by atoms with Crippen molar-refractivity contribution in [3.05, 3.63) is 29.8 Å². The molecule has 0 heterocycles. The fraction of sp³-hybridized carbons (Fsp3) is 0.600. The van der Waals surface area contributed by atoms with Crippen LogP contribution in [0.2, 0.25) is 0 Å². The molecule has 0 bridgehead atoms. The van der Waals surface area contributed by atoms with Gasteiger partial charge in [0.2, 0.25) is 0 Å². The minimum atomic E-state index is 0.459. The lowest BCUT2D eigenvalue weighted by molar-refractivity contribution is 0.339. The van der Waals surface area contributed by atoms with Gasteiger partial charge in [-0.25, -0.2) is 0 Å². The van der Waals surface area contributed by atoms with Crippen molar-refractivity contribution in [1.29, 1.82) is 0 Å². The first-order chi connectivity index (χ1) is 8.31. The topological polar surface area (TPSA) is 21.3 Å². The third kappa shape index (κ3) is 4.78. The molecule has 1 rings (SSSR count). The Bertz CT molecular complexity index is 312. The molecule has 2 heteroatoms. The first-order valence-corrected chi connectivity index (χ1v) is 6.77. The second-order valence-corrected chi connectivity index (χ2v) is 4.30. The van der Waals surface area contributed by atoms with Gasteiger partial charge in [-0.2, -0.15) is 0 Å². The molecule has 0 aromatic heterocycles. The van der Waals surface area contributed by atoms with Crippen molar-refractivity contribution >= 4 is 0 Å². The molecular weight excluding hydrogens is 210 g/mol. The van der Waals surface area contributed by atoms with Gasteiger partial charge in [-0.05, 0) is 44.0 Å². The van der Waals surface area contributed by atoms with Gasteiger partial charge >= 0.3 is 0 Å². The zero-order valence-corrected chi connectivity index (χ0v) is 11.3. The molecule has 0 amide bonds. The number of ether oxygens (including phenoxy) is 1. The lowest BCUT2D eigenvalue weighted by atomic mass is 10.0. The molecule has 0 fully saturated rings. The molecule has 0 saturated carbocycles. The number of rotatable bonds is 8. The van der Waals surface area contributed by atoms with E-state index in [0.717, 1.165) is 18.9 Å². The van der Waals surface area contributed by atoms with Crippen LogP contribution >= 0.6 is 0 Å². The Kier molecular flexibility index (Phi) is 6.71. The highest BCUT2D eigenvalue weighted by Crippen LogP contribution is 2.22. The summed E-state index contributed by atoms with van der Waals surface area (Å²) < 4.78 is 5.55. The molecule has 1 aromatic rings. The van der Waals surface area contributed by atoms with Gasteiger partial charge < -0.3 is 10.1 Å². The zero-order valence-electron chi connectivity index (χ0n) is 11.3. The standard InChI is InChI=1S/C15H25NO/c1-4-8-15(16-11-5-2)13-9-7-10-14(12-13)17-6-3/h7,9-10,12,15-16H,4-6,8,11H2,1-3H3. The average Bonchev–Trinajstić information content (AvgIpc) is 2.35. The normalized spacial score (nSPS) is 12.4. The van der Waals surface area contributed by atoms with E-state index in [0.29, 0.717) is 6.04 Å². The molecule has 96 valence electrons. The van der Waals surface area contributed by atoms with Crippen molar-refractivity contribution in [3.63, 3.8) is 0 Å². The average molecular weight is 235 g/mol. The highest BCUT2D eigenvalue weighted by Gasteiger charge is 2.09. The molecule has 1 atom stereocenters. The maximum Gasteiger partial charge on any atom is 0.119 e. The van der Waals surface area contributed by atoms with Crippen LogP contribution in [0.4, 0.5) is 0 Å². The van der Waals surface area contributed by atoms with Gasteiger partial charge in [-0.3, -0.25) is 0 Å². The van der Waals surface area contributed by atoms with E-state index in [2.05, 4.69) is 37.4 Å². The lowest BCUT2D eigenvalue weighted by Gasteiger charge is -2.19. The molecule has 0 radical (unpaired) electrons. The Morgan fingerprint density at radius 2 is 2.00 bits per heavy atom. The summed E-state index contributed by atoms with van der Waals surface area (Å²) in [4.78, 5) is 0. The first-order valence-electron chi connectivity index (χ1n) is 6.77. The van der Waals surface area contributed by atoms with Crippen molar-refractivity contribution in [2.45, 2.75) is 46.1 Å². The van der Waals surface area contributed by atoms with Gasteiger partial charge in [0.05, 0.1) is 6.61 Å². The summed E-state index contributed by atoms with van der Waals surface area (Å²) in [5, 5.41) is 3.60. The van der Waals surface area contributed by atoms with Crippen LogP contribution < -0.4 is 10.1 Å². The van der Waals surface area contributed by atoms with Crippen LogP contribution in [-0.2, 0) is 0 Å². The zero-order chi connectivity index (χ0) is 12.5. The van der Waals surface area contributed by atoms with Crippen LogP contribution in [0.15, 0.2) is 24.3 Å². The quantitative estimate of drug-likeness (QED) is 0.737. The summed E-state index contributed by atoms with van der Waals surface area (Å²) in [5.41, 5.74) is 1.34. The van der Waals surface area contributed by atoms with Gasteiger partial charge in [0, 0.05) is 6.04 Å². The van der Waals surface area contributed by atoms with Gasteiger partial charge in [-0.15, -0.1) is 0 Å². The number of nitrogens with one attached hydrogen (secondary N) is 1. The summed E-state index contributed by atoms with van der Waals surface area (Å²) >= 11 is 0. The van der Waals surface area contributed by atoms with Gasteiger partial charge in [0.25, 0.3) is 0 Å². The summed E-state index contributed by atoms with van der Waals surface area (Å²) in [6, 6.07) is 8.91. The highest BCUT2D eigenvalue weighted by molar-refractivity contribution is 5.30. The second-order valence-electron chi connectivity index (χ2n) is 4.30. The molecule has 17 heavy (non-hydrogen) atoms. The highest BCUT2D eigenvalue weighted by atomic mass is 16.5. The molecule has 1 N–H and O–H groups in total. The lowest BCUT2D eigenvalue weighted by Crippen LogP contribution is -2.22. The van der Waals surface area contributed by atoms with Gasteiger partial charge in [0.1, 0.15) is 5.75 Å². The Hall–Kier alpha value is -1.02. The second kappa shape index (κ2) is 8.13. The van der Waals surface area contributed by atoms with Crippen LogP contribution in [0.3, 0.4) is 0 Å². The van der Waals surface area contributed by atoms with Crippen molar-refractivity contribution in [2.24, 2.45) is 0 Å². The Labute approximate surface area is 105 Å². The number of hydrogen-bond acceptors (Lipinski definition) is 2. The molecule has 0 aliphatic carbocycles. The van der Waals surface area contributed by atoms with Crippen molar-refractivity contribution < 1.29 is 4.74 Å². The molecular formula is C15H25NO. The first kappa shape index (κ1) is 14.0. The van der Waals surface area contributed by atoms with Crippen LogP contribution in [0, 0.1) is 0 Å². The third-order valence-electron chi connectivity index (χ3n) is 2.79. The van der Waals surface area contributed by atoms with E-state index < -0.39 is 0 Å². The predicted octanol–water partition coefficient (Wildman–Crippen LogP) is 3.93. The maximum atomic E-state index is 5.55. The van der Waals surface area contributed by atoms with Crippen LogP contribution in [-0.4, -0.2) is 13.2 Å². The Morgan fingerprint density at radius 3 is 2.65 bits per heavy atom. The van der Waals surface area contributed by atoms with Crippen molar-refractivity contribution in [3.8, 4) is 5.75 Å². The van der Waals surface area contributed by atoms with Crippen LogP contribution in [0.25, 0.3) is 0 Å². The van der Waals surface area contributed by atoms with Gasteiger partial charge in [-0.1, -0.05) is 32.4 Å². The Morgan fingerprint density at radius 1 is 1.18 bits per heavy atom. The maximum absolute atomic E-state index is 5.55. The van der Waals surface area contributed by atoms with E-state index in [1.54, 1.807) is 0 Å². The molecule has 0 aliphatic heterocycles. The summed E-state index contributed by atoms with van der Waals surface area (Å²) in [7, 11) is 0. The molecule has 1 aromatic carbocycles. The van der Waals surface area contributed by atoms with E-state index in [-0.39, 0.29) is 0 Å². The van der Waals surface area contributed by atoms with E-state index in [1.807, 2.05) is 13.0 Å². The minimum absolute atomic E-state index is 0.459. The van der Waals surface area contributed by atoms with Crippen molar-refractivity contribution in [1.82, 2.24) is 5.32 Å². The van der Waals surface area contributed by atoms with E-state index >= 15 is 0 Å². The van der Waals surface area contributed by atoms with Crippen molar-refractivity contribution in [2.75, 3.05) is 13.2 Å². The fourth-order valence-corrected chi connectivity index (χ4v) is 1.98. The van der Waals surface area contributed by atoms with Crippen LogP contribution in [0.1, 0.15) is 51.6 Å². The summed E-state index contributed by atoms with van der Waals surface area (Å²) in [5.74, 6) is 0.976. The Balaban J connectivity index is 2.73. The largest absolute Gasteiger partial charge is 0.494 e. The molecule has 1 unspecified atom stereocenters. The predicted molar refractivity (Wildman–Crippen MR) is 73.6 cm³/mol. The third-order valence-corrected chi connectivity index (χ3v) is 2.79. The molecule has 2 nitrogen and oxygen atoms in total. The van der Waals surface area contributed by atoms with E-state index in [9.17, 15) is 0 Å². The van der Waals surface area contributed by atoms with Gasteiger partial charge in [0.15, 0.2) is 0 Å². The molecule has 0 saturated heterocycles. The number of benzene rings is 1. The fourth-order valence-electron chi connectivity index (χ4n) is 1.98. The molecule has 0 spiro atoms. The van der Waals surface area contributed by atoms with E-state index in [4.69, 9.17) is 4.74 Å². The number of hydrogen-bond donors (Lipinski definition) is 1. The van der Waals surface area contributed by atoms with E-state index in [1.165, 1.54) is 24.8 Å².